The fraction of sp³-hybridized carbons (Fsp3) is 0.800. The Balaban J connectivity index is 2.78. The minimum Gasteiger partial charge on any atom is -0.396 e. The summed E-state index contributed by atoms with van der Waals surface area (Å²) < 4.78 is 0. The maximum Gasteiger partial charge on any atom is 0.0492 e. The highest BCUT2D eigenvalue weighted by molar-refractivity contribution is 5.14. The molecule has 4 heteroatoms. The van der Waals surface area contributed by atoms with Crippen LogP contribution in [-0.2, 0) is 0 Å². The van der Waals surface area contributed by atoms with E-state index in [0.29, 0.717) is 6.04 Å². The monoisotopic (exact) mass is 199 g/mol. The van der Waals surface area contributed by atoms with E-state index in [1.54, 1.807) is 0 Å². The maximum atomic E-state index is 9.32. The van der Waals surface area contributed by atoms with Crippen molar-refractivity contribution in [3.05, 3.63) is 11.8 Å². The van der Waals surface area contributed by atoms with Crippen LogP contribution in [0.4, 0.5) is 0 Å². The first-order valence-corrected chi connectivity index (χ1v) is 5.10. The lowest BCUT2D eigenvalue weighted by atomic mass is 9.84. The highest BCUT2D eigenvalue weighted by Gasteiger charge is 2.30. The summed E-state index contributed by atoms with van der Waals surface area (Å²) in [4.78, 5) is 0. The molecule has 4 N–H and O–H groups in total. The Morgan fingerprint density at radius 3 is 2.50 bits per heavy atom. The Bertz CT molecular complexity index is 206. The first-order chi connectivity index (χ1) is 6.76. The van der Waals surface area contributed by atoms with E-state index in [1.165, 1.54) is 5.70 Å². The molecule has 14 heavy (non-hydrogen) atoms. The highest BCUT2D eigenvalue weighted by atomic mass is 16.3. The van der Waals surface area contributed by atoms with Gasteiger partial charge in [0.1, 0.15) is 0 Å². The molecule has 0 radical (unpaired) electrons. The summed E-state index contributed by atoms with van der Waals surface area (Å²) >= 11 is 0. The van der Waals surface area contributed by atoms with Crippen molar-refractivity contribution in [2.24, 2.45) is 5.92 Å². The standard InChI is InChI=1S/C10H21N3O/c1-11-7-4-9(12-2)8(6-14)10(5-7)13-3/h4,8-14H,5-6H2,1-3H3. The SMILES string of the molecule is CNC1=CC(NC)C(CO)C(NC)C1. The molecule has 0 bridgehead atoms. The molecule has 0 spiro atoms. The van der Waals surface area contributed by atoms with E-state index in [4.69, 9.17) is 0 Å². The summed E-state index contributed by atoms with van der Waals surface area (Å²) in [7, 11) is 5.80. The Morgan fingerprint density at radius 2 is 2.07 bits per heavy atom. The van der Waals surface area contributed by atoms with Gasteiger partial charge in [0, 0.05) is 43.8 Å². The van der Waals surface area contributed by atoms with E-state index in [1.807, 2.05) is 21.1 Å². The highest BCUT2D eigenvalue weighted by Crippen LogP contribution is 2.22. The van der Waals surface area contributed by atoms with Crippen LogP contribution in [0.25, 0.3) is 0 Å². The average molecular weight is 199 g/mol. The molecule has 0 saturated heterocycles. The molecule has 82 valence electrons. The van der Waals surface area contributed by atoms with Gasteiger partial charge in [0.25, 0.3) is 0 Å². The lowest BCUT2D eigenvalue weighted by Gasteiger charge is -2.35. The third kappa shape index (κ3) is 2.26. The first kappa shape index (κ1) is 11.5. The summed E-state index contributed by atoms with van der Waals surface area (Å²) in [5.41, 5.74) is 1.23. The van der Waals surface area contributed by atoms with Crippen LogP contribution in [0.5, 0.6) is 0 Å². The normalized spacial score (nSPS) is 32.6. The zero-order chi connectivity index (χ0) is 10.6. The summed E-state index contributed by atoms with van der Waals surface area (Å²) in [5, 5.41) is 19.0. The van der Waals surface area contributed by atoms with Crippen LogP contribution >= 0.6 is 0 Å². The molecule has 0 aromatic carbocycles. The lowest BCUT2D eigenvalue weighted by molar-refractivity contribution is 0.164. The molecule has 0 amide bonds. The van der Waals surface area contributed by atoms with E-state index in [-0.39, 0.29) is 18.6 Å². The van der Waals surface area contributed by atoms with Crippen molar-refractivity contribution in [3.63, 3.8) is 0 Å². The Hall–Kier alpha value is -0.580. The van der Waals surface area contributed by atoms with Gasteiger partial charge in [-0.1, -0.05) is 0 Å². The molecule has 1 rings (SSSR count). The van der Waals surface area contributed by atoms with Gasteiger partial charge in [0.15, 0.2) is 0 Å². The van der Waals surface area contributed by atoms with Crippen molar-refractivity contribution < 1.29 is 5.11 Å². The number of aliphatic hydroxyl groups is 1. The molecule has 4 nitrogen and oxygen atoms in total. The molecule has 0 aromatic heterocycles. The Morgan fingerprint density at radius 1 is 1.36 bits per heavy atom. The molecule has 0 heterocycles. The molecule has 1 aliphatic rings. The van der Waals surface area contributed by atoms with Crippen LogP contribution in [0, 0.1) is 5.92 Å². The van der Waals surface area contributed by atoms with Gasteiger partial charge in [0.05, 0.1) is 0 Å². The number of nitrogens with one attached hydrogen (secondary N) is 3. The van der Waals surface area contributed by atoms with Gasteiger partial charge in [-0.05, 0) is 20.2 Å². The summed E-state index contributed by atoms with van der Waals surface area (Å²) in [6.45, 7) is 0.213. The van der Waals surface area contributed by atoms with Crippen molar-refractivity contribution in [3.8, 4) is 0 Å². The lowest BCUT2D eigenvalue weighted by Crippen LogP contribution is -2.50. The molecule has 3 atom stereocenters. The molecular weight excluding hydrogens is 178 g/mol. The van der Waals surface area contributed by atoms with Crippen LogP contribution in [0.15, 0.2) is 11.8 Å². The van der Waals surface area contributed by atoms with E-state index in [9.17, 15) is 5.11 Å². The van der Waals surface area contributed by atoms with Gasteiger partial charge in [0.2, 0.25) is 0 Å². The molecule has 0 saturated carbocycles. The van der Waals surface area contributed by atoms with Crippen molar-refractivity contribution in [2.75, 3.05) is 27.7 Å². The van der Waals surface area contributed by atoms with Crippen LogP contribution in [0.3, 0.4) is 0 Å². The van der Waals surface area contributed by atoms with Crippen molar-refractivity contribution in [1.82, 2.24) is 16.0 Å². The van der Waals surface area contributed by atoms with Gasteiger partial charge in [-0.3, -0.25) is 0 Å². The van der Waals surface area contributed by atoms with Gasteiger partial charge >= 0.3 is 0 Å². The number of hydrogen-bond acceptors (Lipinski definition) is 4. The number of aliphatic hydroxyl groups excluding tert-OH is 1. The summed E-state index contributed by atoms with van der Waals surface area (Å²) in [6, 6.07) is 0.582. The van der Waals surface area contributed by atoms with E-state index >= 15 is 0 Å². The predicted octanol–water partition coefficient (Wildman–Crippen LogP) is -0.722. The topological polar surface area (TPSA) is 56.3 Å². The average Bonchev–Trinajstić information content (AvgIpc) is 2.26. The predicted molar refractivity (Wildman–Crippen MR) is 58.0 cm³/mol. The fourth-order valence-electron chi connectivity index (χ4n) is 2.09. The van der Waals surface area contributed by atoms with E-state index in [0.717, 1.165) is 6.42 Å². The van der Waals surface area contributed by atoms with Gasteiger partial charge in [-0.15, -0.1) is 0 Å². The Kier molecular flexibility index (Phi) is 4.38. The third-order valence-corrected chi connectivity index (χ3v) is 3.03. The molecule has 0 aliphatic heterocycles. The molecule has 0 fully saturated rings. The van der Waals surface area contributed by atoms with Crippen LogP contribution in [0.2, 0.25) is 0 Å². The van der Waals surface area contributed by atoms with Gasteiger partial charge in [-0.25, -0.2) is 0 Å². The maximum absolute atomic E-state index is 9.32. The summed E-state index contributed by atoms with van der Waals surface area (Å²) in [6.07, 6.45) is 3.12. The minimum atomic E-state index is 0.213. The number of rotatable bonds is 4. The largest absolute Gasteiger partial charge is 0.396 e. The smallest absolute Gasteiger partial charge is 0.0492 e. The minimum absolute atomic E-state index is 0.213. The van der Waals surface area contributed by atoms with E-state index < -0.39 is 0 Å². The molecule has 3 unspecified atom stereocenters. The quantitative estimate of drug-likeness (QED) is 0.482. The van der Waals surface area contributed by atoms with Crippen LogP contribution in [0.1, 0.15) is 6.42 Å². The second-order valence-corrected chi connectivity index (χ2v) is 3.70. The molecule has 0 aromatic rings. The summed E-state index contributed by atoms with van der Waals surface area (Å²) in [5.74, 6) is 0.252. The van der Waals surface area contributed by atoms with E-state index in [2.05, 4.69) is 22.0 Å². The van der Waals surface area contributed by atoms with Crippen molar-refractivity contribution >= 4 is 0 Å². The van der Waals surface area contributed by atoms with Crippen LogP contribution < -0.4 is 16.0 Å². The fourth-order valence-corrected chi connectivity index (χ4v) is 2.09. The van der Waals surface area contributed by atoms with Crippen molar-refractivity contribution in [2.45, 2.75) is 18.5 Å². The second-order valence-electron chi connectivity index (χ2n) is 3.70. The van der Waals surface area contributed by atoms with Gasteiger partial charge in [-0.2, -0.15) is 0 Å². The number of hydrogen-bond donors (Lipinski definition) is 4. The first-order valence-electron chi connectivity index (χ1n) is 5.10. The van der Waals surface area contributed by atoms with Gasteiger partial charge < -0.3 is 21.1 Å². The van der Waals surface area contributed by atoms with Crippen molar-refractivity contribution in [1.29, 1.82) is 0 Å². The molecular formula is C10H21N3O. The zero-order valence-electron chi connectivity index (χ0n) is 9.17. The molecule has 1 aliphatic carbocycles. The zero-order valence-corrected chi connectivity index (χ0v) is 9.17. The third-order valence-electron chi connectivity index (χ3n) is 3.03. The Labute approximate surface area is 85.8 Å². The van der Waals surface area contributed by atoms with Crippen LogP contribution in [-0.4, -0.2) is 44.9 Å². The second kappa shape index (κ2) is 5.34. The number of likely N-dealkylation sites (N-methyl/N-ethyl adjacent to an activating group) is 1.